The van der Waals surface area contributed by atoms with Crippen molar-refractivity contribution in [2.24, 2.45) is 0 Å². The van der Waals surface area contributed by atoms with Crippen molar-refractivity contribution in [1.29, 1.82) is 0 Å². The molecule has 1 amide bonds. The second-order valence-corrected chi connectivity index (χ2v) is 10.1. The number of carbonyl (C=O) groups is 1. The highest BCUT2D eigenvalue weighted by atomic mass is 32.2. The number of sulfonamides is 1. The zero-order valence-corrected chi connectivity index (χ0v) is 18.1. The molecule has 0 aromatic heterocycles. The van der Waals surface area contributed by atoms with Crippen LogP contribution in [0, 0.1) is 0 Å². The number of hydrogen-bond donors (Lipinski definition) is 0. The molecule has 1 aromatic carbocycles. The van der Waals surface area contributed by atoms with Crippen LogP contribution in [0.1, 0.15) is 12.8 Å². The summed E-state index contributed by atoms with van der Waals surface area (Å²) in [5.41, 5.74) is 1.82. The van der Waals surface area contributed by atoms with Gasteiger partial charge in [0, 0.05) is 37.8 Å². The SMILES string of the molecule is CN1CCOc2cc(S(=O)(=O)N3CCC(N4C(=O)OC=C5C=CC=CC54)CC3)ccc21. The van der Waals surface area contributed by atoms with Crippen LogP contribution >= 0.6 is 0 Å². The minimum Gasteiger partial charge on any atom is -0.490 e. The Bertz CT molecular complexity index is 1090. The van der Waals surface area contributed by atoms with Crippen LogP contribution in [-0.4, -0.2) is 69.1 Å². The molecule has 0 radical (unpaired) electrons. The summed E-state index contributed by atoms with van der Waals surface area (Å²) in [4.78, 5) is 16.5. The molecule has 8 nitrogen and oxygen atoms in total. The van der Waals surface area contributed by atoms with Gasteiger partial charge in [-0.25, -0.2) is 13.2 Å². The Morgan fingerprint density at radius 3 is 2.71 bits per heavy atom. The lowest BCUT2D eigenvalue weighted by atomic mass is 9.96. The van der Waals surface area contributed by atoms with Crippen LogP contribution in [0.5, 0.6) is 5.75 Å². The second-order valence-electron chi connectivity index (χ2n) is 8.13. The third-order valence-electron chi connectivity index (χ3n) is 6.32. The number of amides is 1. The average molecular weight is 444 g/mol. The van der Waals surface area contributed by atoms with E-state index >= 15 is 0 Å². The number of piperidine rings is 1. The summed E-state index contributed by atoms with van der Waals surface area (Å²) in [6.45, 7) is 2.00. The van der Waals surface area contributed by atoms with Crippen molar-refractivity contribution in [3.8, 4) is 5.75 Å². The Hall–Kier alpha value is -2.78. The van der Waals surface area contributed by atoms with Crippen molar-refractivity contribution in [1.82, 2.24) is 9.21 Å². The van der Waals surface area contributed by atoms with E-state index < -0.39 is 10.0 Å². The van der Waals surface area contributed by atoms with Crippen LogP contribution in [0.15, 0.2) is 59.2 Å². The van der Waals surface area contributed by atoms with E-state index in [2.05, 4.69) is 4.90 Å². The highest BCUT2D eigenvalue weighted by Gasteiger charge is 2.39. The van der Waals surface area contributed by atoms with Gasteiger partial charge in [0.1, 0.15) is 18.6 Å². The van der Waals surface area contributed by atoms with E-state index in [-0.39, 0.29) is 23.1 Å². The quantitative estimate of drug-likeness (QED) is 0.714. The van der Waals surface area contributed by atoms with Gasteiger partial charge in [0.25, 0.3) is 0 Å². The van der Waals surface area contributed by atoms with Crippen molar-refractivity contribution >= 4 is 21.8 Å². The summed E-state index contributed by atoms with van der Waals surface area (Å²) < 4.78 is 38.9. The van der Waals surface area contributed by atoms with Gasteiger partial charge in [-0.05, 0) is 25.0 Å². The van der Waals surface area contributed by atoms with Gasteiger partial charge in [0.15, 0.2) is 0 Å². The van der Waals surface area contributed by atoms with Crippen LogP contribution in [-0.2, 0) is 14.8 Å². The van der Waals surface area contributed by atoms with Gasteiger partial charge in [-0.3, -0.25) is 4.90 Å². The van der Waals surface area contributed by atoms with Crippen molar-refractivity contribution < 1.29 is 22.7 Å². The summed E-state index contributed by atoms with van der Waals surface area (Å²) in [5.74, 6) is 0.595. The number of anilines is 1. The molecule has 3 aliphatic heterocycles. The van der Waals surface area contributed by atoms with E-state index in [4.69, 9.17) is 9.47 Å². The van der Waals surface area contributed by atoms with Crippen LogP contribution < -0.4 is 9.64 Å². The number of benzene rings is 1. The highest BCUT2D eigenvalue weighted by Crippen LogP contribution is 2.35. The summed E-state index contributed by atoms with van der Waals surface area (Å²) in [5, 5.41) is 0. The molecular formula is C22H25N3O5S. The monoisotopic (exact) mass is 443 g/mol. The van der Waals surface area contributed by atoms with Crippen molar-refractivity contribution in [3.63, 3.8) is 0 Å². The van der Waals surface area contributed by atoms with Gasteiger partial charge < -0.3 is 14.4 Å². The van der Waals surface area contributed by atoms with E-state index in [0.717, 1.165) is 17.8 Å². The minimum atomic E-state index is -3.64. The maximum atomic E-state index is 13.3. The zero-order chi connectivity index (χ0) is 21.6. The number of rotatable bonds is 3. The van der Waals surface area contributed by atoms with Gasteiger partial charge in [-0.15, -0.1) is 0 Å². The lowest BCUT2D eigenvalue weighted by molar-refractivity contribution is 0.0808. The molecule has 0 bridgehead atoms. The summed E-state index contributed by atoms with van der Waals surface area (Å²) in [7, 11) is -1.68. The van der Waals surface area contributed by atoms with Crippen LogP contribution in [0.25, 0.3) is 0 Å². The molecule has 0 spiro atoms. The predicted octanol–water partition coefficient (Wildman–Crippen LogP) is 2.50. The number of nitrogens with zero attached hydrogens (tertiary/aromatic N) is 3. The van der Waals surface area contributed by atoms with E-state index in [1.807, 2.05) is 31.4 Å². The van der Waals surface area contributed by atoms with Crippen LogP contribution in [0.4, 0.5) is 10.5 Å². The molecule has 1 aliphatic carbocycles. The first-order valence-electron chi connectivity index (χ1n) is 10.5. The molecule has 0 saturated carbocycles. The number of ether oxygens (including phenoxy) is 2. The Morgan fingerprint density at radius 1 is 1.10 bits per heavy atom. The van der Waals surface area contributed by atoms with Gasteiger partial charge in [0.2, 0.25) is 10.0 Å². The Labute approximate surface area is 182 Å². The van der Waals surface area contributed by atoms with Gasteiger partial charge in [0.05, 0.1) is 23.2 Å². The fourth-order valence-electron chi connectivity index (χ4n) is 4.59. The standard InChI is InChI=1S/C22H25N3O5S/c1-23-12-13-29-21-14-18(6-7-20(21)23)31(27,28)24-10-8-17(9-11-24)25-19-5-3-2-4-16(19)15-30-22(25)26/h2-7,14-15,17,19H,8-13H2,1H3. The first kappa shape index (κ1) is 20.1. The van der Waals surface area contributed by atoms with Gasteiger partial charge in [-0.1, -0.05) is 24.3 Å². The van der Waals surface area contributed by atoms with E-state index in [9.17, 15) is 13.2 Å². The smallest absolute Gasteiger partial charge is 0.415 e. The molecule has 1 fully saturated rings. The van der Waals surface area contributed by atoms with E-state index in [0.29, 0.717) is 38.3 Å². The van der Waals surface area contributed by atoms with Gasteiger partial charge >= 0.3 is 6.09 Å². The van der Waals surface area contributed by atoms with Crippen LogP contribution in [0.3, 0.4) is 0 Å². The van der Waals surface area contributed by atoms with Crippen molar-refractivity contribution in [2.75, 3.05) is 38.2 Å². The van der Waals surface area contributed by atoms with E-state index in [1.54, 1.807) is 23.1 Å². The molecule has 5 rings (SSSR count). The number of allylic oxidation sites excluding steroid dienone is 2. The molecule has 1 atom stereocenters. The topological polar surface area (TPSA) is 79.4 Å². The molecule has 1 saturated heterocycles. The molecule has 9 heteroatoms. The van der Waals surface area contributed by atoms with Crippen molar-refractivity contribution in [3.05, 3.63) is 54.3 Å². The Balaban J connectivity index is 1.31. The minimum absolute atomic E-state index is 0.0793. The first-order valence-corrected chi connectivity index (χ1v) is 11.9. The molecule has 1 aromatic rings. The molecule has 3 heterocycles. The number of hydrogen-bond acceptors (Lipinski definition) is 6. The molecule has 31 heavy (non-hydrogen) atoms. The first-order chi connectivity index (χ1) is 14.9. The predicted molar refractivity (Wildman–Crippen MR) is 115 cm³/mol. The third-order valence-corrected chi connectivity index (χ3v) is 8.22. The molecule has 164 valence electrons. The zero-order valence-electron chi connectivity index (χ0n) is 17.3. The molecular weight excluding hydrogens is 418 g/mol. The maximum absolute atomic E-state index is 13.3. The van der Waals surface area contributed by atoms with E-state index in [1.165, 1.54) is 10.6 Å². The van der Waals surface area contributed by atoms with Crippen LogP contribution in [0.2, 0.25) is 0 Å². The highest BCUT2D eigenvalue weighted by molar-refractivity contribution is 7.89. The molecule has 0 N–H and O–H groups in total. The number of cyclic esters (lactones) is 1. The Morgan fingerprint density at radius 2 is 1.90 bits per heavy atom. The fourth-order valence-corrected chi connectivity index (χ4v) is 6.07. The lowest BCUT2D eigenvalue weighted by Crippen LogP contribution is -2.53. The van der Waals surface area contributed by atoms with Gasteiger partial charge in [-0.2, -0.15) is 4.31 Å². The normalized spacial score (nSPS) is 24.2. The number of fused-ring (bicyclic) bond motifs is 2. The molecule has 4 aliphatic rings. The maximum Gasteiger partial charge on any atom is 0.415 e. The second kappa shape index (κ2) is 7.72. The fraction of sp³-hybridized carbons (Fsp3) is 0.409. The average Bonchev–Trinajstić information content (AvgIpc) is 2.79. The van der Waals surface area contributed by atoms with Crippen molar-refractivity contribution in [2.45, 2.75) is 29.8 Å². The lowest BCUT2D eigenvalue weighted by Gasteiger charge is -2.42. The number of carbonyl (C=O) groups excluding carboxylic acids is 1. The number of likely N-dealkylation sites (N-methyl/N-ethyl adjacent to an activating group) is 1. The largest absolute Gasteiger partial charge is 0.490 e. The summed E-state index contributed by atoms with van der Waals surface area (Å²) in [6.07, 6.45) is 9.96. The summed E-state index contributed by atoms with van der Waals surface area (Å²) in [6, 6.07) is 4.82. The Kier molecular flexibility index (Phi) is 5.02. The molecule has 1 unspecified atom stereocenters. The summed E-state index contributed by atoms with van der Waals surface area (Å²) >= 11 is 0. The third kappa shape index (κ3) is 3.51.